The Kier molecular flexibility index (Phi) is 4.27. The number of hydrogen-bond donors (Lipinski definition) is 0. The van der Waals surface area contributed by atoms with Crippen LogP contribution in [0.25, 0.3) is 0 Å². The van der Waals surface area contributed by atoms with Gasteiger partial charge in [0.05, 0.1) is 17.7 Å². The fourth-order valence-electron chi connectivity index (χ4n) is 4.07. The molecule has 0 aliphatic heterocycles. The smallest absolute Gasteiger partial charge is 0.214 e. The normalized spacial score (nSPS) is 25.2. The zero-order valence-corrected chi connectivity index (χ0v) is 14.5. The first kappa shape index (κ1) is 16.4. The van der Waals surface area contributed by atoms with Crippen LogP contribution in [0.5, 0.6) is 0 Å². The Labute approximate surface area is 149 Å². The highest BCUT2D eigenvalue weighted by Gasteiger charge is 2.57. The molecule has 118 valence electrons. The number of carbonyl (C=O) groups excluding carboxylic acids is 1. The molecular weight excluding hydrogens is 366 g/mol. The summed E-state index contributed by atoms with van der Waals surface area (Å²) in [5.41, 5.74) is -0.173. The topological polar surface area (TPSA) is 88.4 Å². The van der Waals surface area contributed by atoms with E-state index in [-0.39, 0.29) is 11.5 Å². The second-order valence-corrected chi connectivity index (χ2v) is 7.17. The maximum Gasteiger partial charge on any atom is 0.214 e. The molecule has 2 atom stereocenters. The predicted octanol–water partition coefficient (Wildman–Crippen LogP) is 4.16. The monoisotopic (exact) mass is 379 g/mol. The van der Waals surface area contributed by atoms with E-state index >= 15 is 0 Å². The summed E-state index contributed by atoms with van der Waals surface area (Å²) in [6.07, 6.45) is 3.38. The van der Waals surface area contributed by atoms with E-state index in [4.69, 9.17) is 0 Å². The quantitative estimate of drug-likeness (QED) is 0.732. The van der Waals surface area contributed by atoms with Gasteiger partial charge < -0.3 is 0 Å². The largest absolute Gasteiger partial charge is 0.290 e. The molecule has 0 unspecified atom stereocenters. The third kappa shape index (κ3) is 2.27. The lowest BCUT2D eigenvalue weighted by Gasteiger charge is -2.42. The van der Waals surface area contributed by atoms with E-state index < -0.39 is 17.1 Å². The molecule has 0 amide bonds. The fraction of sp³-hybridized carbons (Fsp3) is 0.368. The zero-order valence-electron chi connectivity index (χ0n) is 12.9. The Morgan fingerprint density at radius 2 is 1.92 bits per heavy atom. The lowest BCUT2D eigenvalue weighted by atomic mass is 9.55. The van der Waals surface area contributed by atoms with Gasteiger partial charge in [0.25, 0.3) is 0 Å². The van der Waals surface area contributed by atoms with Gasteiger partial charge in [-0.1, -0.05) is 34.5 Å². The van der Waals surface area contributed by atoms with Crippen molar-refractivity contribution in [2.24, 2.45) is 11.3 Å². The molecule has 0 aromatic heterocycles. The number of hydrogen-bond acceptors (Lipinski definition) is 4. The van der Waals surface area contributed by atoms with Crippen molar-refractivity contribution < 1.29 is 4.79 Å². The van der Waals surface area contributed by atoms with Crippen LogP contribution >= 0.6 is 15.9 Å². The maximum atomic E-state index is 12.9. The Balaban J connectivity index is 2.30. The summed E-state index contributed by atoms with van der Waals surface area (Å²) >= 11 is 3.42. The second-order valence-electron chi connectivity index (χ2n) is 6.26. The molecule has 2 aliphatic carbocycles. The van der Waals surface area contributed by atoms with E-state index in [1.807, 2.05) is 42.5 Å². The SMILES string of the molecule is N#CC1=C2CCCC[C@H]2[C@@H](c2cccc(Br)c2)C(C#N)(C#N)C1=O. The van der Waals surface area contributed by atoms with Crippen LogP contribution in [0.15, 0.2) is 39.9 Å². The number of ketones is 1. The minimum Gasteiger partial charge on any atom is -0.290 e. The summed E-state index contributed by atoms with van der Waals surface area (Å²) in [6, 6.07) is 13.4. The van der Waals surface area contributed by atoms with E-state index in [0.29, 0.717) is 6.42 Å². The minimum absolute atomic E-state index is 0.0362. The number of benzene rings is 1. The average molecular weight is 380 g/mol. The highest BCUT2D eigenvalue weighted by atomic mass is 79.9. The van der Waals surface area contributed by atoms with Gasteiger partial charge in [-0.05, 0) is 48.4 Å². The highest BCUT2D eigenvalue weighted by Crippen LogP contribution is 2.54. The van der Waals surface area contributed by atoms with E-state index in [9.17, 15) is 20.6 Å². The van der Waals surface area contributed by atoms with Crippen molar-refractivity contribution in [1.82, 2.24) is 0 Å². The maximum absolute atomic E-state index is 12.9. The fourth-order valence-corrected chi connectivity index (χ4v) is 4.49. The lowest BCUT2D eigenvalue weighted by molar-refractivity contribution is -0.122. The minimum atomic E-state index is -1.84. The summed E-state index contributed by atoms with van der Waals surface area (Å²) < 4.78 is 0.838. The first-order valence-electron chi connectivity index (χ1n) is 7.85. The Morgan fingerprint density at radius 1 is 1.17 bits per heavy atom. The number of allylic oxidation sites excluding steroid dienone is 2. The summed E-state index contributed by atoms with van der Waals surface area (Å²) in [5, 5.41) is 29.0. The molecule has 0 saturated heterocycles. The summed E-state index contributed by atoms with van der Waals surface area (Å²) in [5.74, 6) is -1.28. The van der Waals surface area contributed by atoms with E-state index in [1.165, 1.54) is 0 Å². The molecule has 5 heteroatoms. The molecule has 0 radical (unpaired) electrons. The molecule has 0 N–H and O–H groups in total. The van der Waals surface area contributed by atoms with Crippen LogP contribution < -0.4 is 0 Å². The molecule has 24 heavy (non-hydrogen) atoms. The summed E-state index contributed by atoms with van der Waals surface area (Å²) in [7, 11) is 0. The molecule has 2 aliphatic rings. The van der Waals surface area contributed by atoms with Crippen molar-refractivity contribution >= 4 is 21.7 Å². The van der Waals surface area contributed by atoms with E-state index in [1.54, 1.807) is 0 Å². The molecule has 4 nitrogen and oxygen atoms in total. The van der Waals surface area contributed by atoms with E-state index in [0.717, 1.165) is 34.9 Å². The number of fused-ring (bicyclic) bond motifs is 1. The zero-order chi connectivity index (χ0) is 17.3. The molecule has 1 aromatic carbocycles. The van der Waals surface area contributed by atoms with Crippen molar-refractivity contribution in [3.05, 3.63) is 45.4 Å². The summed E-state index contributed by atoms with van der Waals surface area (Å²) in [4.78, 5) is 12.9. The standard InChI is InChI=1S/C19H14BrN3O/c20-13-5-3-4-12(8-13)17-15-7-2-1-6-14(15)16(9-21)18(24)19(17,10-22)11-23/h3-5,8,15,17H,1-2,6-7H2/t15-,17-/m1/s1. The van der Waals surface area contributed by atoms with Gasteiger partial charge in [-0.3, -0.25) is 4.79 Å². The van der Waals surface area contributed by atoms with Crippen LogP contribution in [-0.2, 0) is 4.79 Å². The Morgan fingerprint density at radius 3 is 2.54 bits per heavy atom. The molecule has 0 bridgehead atoms. The van der Waals surface area contributed by atoms with Crippen molar-refractivity contribution in [3.63, 3.8) is 0 Å². The Bertz CT molecular complexity index is 852. The molecule has 0 spiro atoms. The number of rotatable bonds is 1. The van der Waals surface area contributed by atoms with Gasteiger partial charge in [0.15, 0.2) is 0 Å². The van der Waals surface area contributed by atoms with Crippen LogP contribution in [0.2, 0.25) is 0 Å². The number of nitriles is 3. The third-order valence-electron chi connectivity index (χ3n) is 5.11. The van der Waals surface area contributed by atoms with Gasteiger partial charge in [-0.2, -0.15) is 15.8 Å². The Hall–Kier alpha value is -2.42. The van der Waals surface area contributed by atoms with Crippen LogP contribution in [0, 0.1) is 45.3 Å². The van der Waals surface area contributed by atoms with Crippen molar-refractivity contribution in [2.45, 2.75) is 31.6 Å². The molecule has 0 heterocycles. The van der Waals surface area contributed by atoms with Gasteiger partial charge in [0, 0.05) is 10.4 Å². The predicted molar refractivity (Wildman–Crippen MR) is 90.1 cm³/mol. The number of nitrogens with zero attached hydrogens (tertiary/aromatic N) is 3. The lowest BCUT2D eigenvalue weighted by Crippen LogP contribution is -2.45. The molecule has 3 rings (SSSR count). The molecule has 1 aromatic rings. The van der Waals surface area contributed by atoms with Gasteiger partial charge in [-0.25, -0.2) is 0 Å². The van der Waals surface area contributed by atoms with Crippen LogP contribution in [0.3, 0.4) is 0 Å². The molecular formula is C19H14BrN3O. The molecule has 1 saturated carbocycles. The number of halogens is 1. The van der Waals surface area contributed by atoms with Gasteiger partial charge in [-0.15, -0.1) is 0 Å². The molecule has 1 fully saturated rings. The van der Waals surface area contributed by atoms with Crippen molar-refractivity contribution in [1.29, 1.82) is 15.8 Å². The van der Waals surface area contributed by atoms with Crippen LogP contribution in [-0.4, -0.2) is 5.78 Å². The van der Waals surface area contributed by atoms with Crippen molar-refractivity contribution in [2.75, 3.05) is 0 Å². The van der Waals surface area contributed by atoms with E-state index in [2.05, 4.69) is 15.9 Å². The van der Waals surface area contributed by atoms with Crippen LogP contribution in [0.4, 0.5) is 0 Å². The highest BCUT2D eigenvalue weighted by molar-refractivity contribution is 9.10. The van der Waals surface area contributed by atoms with Gasteiger partial charge in [0.1, 0.15) is 6.07 Å². The van der Waals surface area contributed by atoms with Crippen LogP contribution in [0.1, 0.15) is 37.2 Å². The average Bonchev–Trinajstić information content (AvgIpc) is 2.61. The third-order valence-corrected chi connectivity index (χ3v) is 5.60. The van der Waals surface area contributed by atoms with Gasteiger partial charge in [0.2, 0.25) is 11.2 Å². The first-order chi connectivity index (χ1) is 11.6. The van der Waals surface area contributed by atoms with Gasteiger partial charge >= 0.3 is 0 Å². The summed E-state index contributed by atoms with van der Waals surface area (Å²) in [6.45, 7) is 0. The number of Topliss-reactive ketones (excluding diaryl/α,β-unsaturated/α-hetero) is 1. The first-order valence-corrected chi connectivity index (χ1v) is 8.64. The second kappa shape index (κ2) is 6.23. The van der Waals surface area contributed by atoms with Crippen molar-refractivity contribution in [3.8, 4) is 18.2 Å². The number of carbonyl (C=O) groups is 1.